The van der Waals surface area contributed by atoms with Gasteiger partial charge in [-0.25, -0.2) is 0 Å². The highest BCUT2D eigenvalue weighted by atomic mass is 19.4. The van der Waals surface area contributed by atoms with Crippen LogP contribution in [0.5, 0.6) is 0 Å². The molecule has 0 rings (SSSR count). The van der Waals surface area contributed by atoms with E-state index in [-0.39, 0.29) is 6.54 Å². The molecular formula is C7H13F3N2O. The molecule has 1 amide bonds. The van der Waals surface area contributed by atoms with E-state index in [4.69, 9.17) is 5.73 Å². The predicted molar refractivity (Wildman–Crippen MR) is 42.0 cm³/mol. The Hall–Kier alpha value is -0.780. The number of nitrogens with two attached hydrogens (primary N) is 1. The van der Waals surface area contributed by atoms with Gasteiger partial charge in [0.2, 0.25) is 0 Å². The summed E-state index contributed by atoms with van der Waals surface area (Å²) < 4.78 is 35.8. The summed E-state index contributed by atoms with van der Waals surface area (Å²) in [5.41, 5.74) is 4.25. The number of nitrogens with zero attached hydrogens (tertiary/aromatic N) is 1. The van der Waals surface area contributed by atoms with Crippen molar-refractivity contribution in [3.05, 3.63) is 0 Å². The highest BCUT2D eigenvalue weighted by molar-refractivity contribution is 5.82. The number of alkyl halides is 3. The van der Waals surface area contributed by atoms with Crippen LogP contribution < -0.4 is 5.73 Å². The van der Waals surface area contributed by atoms with Crippen molar-refractivity contribution in [3.8, 4) is 0 Å². The lowest BCUT2D eigenvalue weighted by Gasteiger charge is -2.34. The Bertz CT molecular complexity index is 200. The summed E-state index contributed by atoms with van der Waals surface area (Å²) in [6, 6.07) is 0. The zero-order chi connectivity index (χ0) is 10.9. The highest BCUT2D eigenvalue weighted by Crippen LogP contribution is 2.22. The van der Waals surface area contributed by atoms with Crippen LogP contribution in [0.25, 0.3) is 0 Å². The molecule has 0 saturated heterocycles. The van der Waals surface area contributed by atoms with Crippen molar-refractivity contribution >= 4 is 5.91 Å². The Morgan fingerprint density at radius 3 is 2.00 bits per heavy atom. The lowest BCUT2D eigenvalue weighted by Crippen LogP contribution is -2.53. The Labute approximate surface area is 74.7 Å². The van der Waals surface area contributed by atoms with Crippen molar-refractivity contribution < 1.29 is 18.0 Å². The van der Waals surface area contributed by atoms with Crippen molar-refractivity contribution in [3.63, 3.8) is 0 Å². The second-order valence-corrected chi connectivity index (χ2v) is 3.38. The van der Waals surface area contributed by atoms with Crippen molar-refractivity contribution in [1.82, 2.24) is 4.90 Å². The number of rotatable bonds is 2. The van der Waals surface area contributed by atoms with Crippen molar-refractivity contribution in [2.45, 2.75) is 25.6 Å². The standard InChI is InChI=1S/C7H13F3N2O/c1-6(2,4-11)12(3)5(13)7(8,9)10/h4,11H2,1-3H3. The number of carbonyl (C=O) groups is 1. The first-order chi connectivity index (χ1) is 5.63. The maximum absolute atomic E-state index is 11.9. The molecule has 2 N–H and O–H groups in total. The minimum absolute atomic E-state index is 0.0225. The smallest absolute Gasteiger partial charge is 0.332 e. The SMILES string of the molecule is CN(C(=O)C(F)(F)F)C(C)(C)CN. The van der Waals surface area contributed by atoms with E-state index in [2.05, 4.69) is 0 Å². The van der Waals surface area contributed by atoms with E-state index < -0.39 is 17.6 Å². The molecule has 13 heavy (non-hydrogen) atoms. The fourth-order valence-electron chi connectivity index (χ4n) is 0.602. The van der Waals surface area contributed by atoms with E-state index >= 15 is 0 Å². The van der Waals surface area contributed by atoms with E-state index in [1.165, 1.54) is 13.8 Å². The normalized spacial score (nSPS) is 12.8. The monoisotopic (exact) mass is 198 g/mol. The predicted octanol–water partition coefficient (Wildman–Crippen LogP) is 0.744. The van der Waals surface area contributed by atoms with Crippen LogP contribution in [0.3, 0.4) is 0 Å². The van der Waals surface area contributed by atoms with Crippen LogP contribution >= 0.6 is 0 Å². The number of hydrogen-bond acceptors (Lipinski definition) is 2. The molecule has 0 aliphatic rings. The molecule has 0 radical (unpaired) electrons. The van der Waals surface area contributed by atoms with Gasteiger partial charge in [-0.05, 0) is 13.8 Å². The van der Waals surface area contributed by atoms with Gasteiger partial charge in [-0.3, -0.25) is 4.79 Å². The van der Waals surface area contributed by atoms with Crippen LogP contribution in [0.4, 0.5) is 13.2 Å². The van der Waals surface area contributed by atoms with Gasteiger partial charge in [-0.2, -0.15) is 13.2 Å². The van der Waals surface area contributed by atoms with Crippen LogP contribution in [0.1, 0.15) is 13.8 Å². The zero-order valence-electron chi connectivity index (χ0n) is 7.77. The molecule has 0 aromatic rings. The summed E-state index contributed by atoms with van der Waals surface area (Å²) in [6.07, 6.45) is -4.83. The summed E-state index contributed by atoms with van der Waals surface area (Å²) in [7, 11) is 1.09. The Kier molecular flexibility index (Phi) is 3.32. The molecule has 0 aromatic heterocycles. The molecule has 0 heterocycles. The first kappa shape index (κ1) is 12.2. The van der Waals surface area contributed by atoms with Crippen LogP contribution in [-0.4, -0.2) is 36.1 Å². The molecule has 6 heteroatoms. The molecule has 0 saturated carbocycles. The Morgan fingerprint density at radius 2 is 1.77 bits per heavy atom. The second-order valence-electron chi connectivity index (χ2n) is 3.38. The number of hydrogen-bond donors (Lipinski definition) is 1. The van der Waals surface area contributed by atoms with E-state index in [9.17, 15) is 18.0 Å². The summed E-state index contributed by atoms with van der Waals surface area (Å²) in [6.45, 7) is 2.92. The van der Waals surface area contributed by atoms with Crippen molar-refractivity contribution in [1.29, 1.82) is 0 Å². The number of halogens is 3. The molecule has 0 aliphatic carbocycles. The van der Waals surface area contributed by atoms with Gasteiger partial charge in [0.25, 0.3) is 0 Å². The average Bonchev–Trinajstić information content (AvgIpc) is 2.00. The molecule has 0 unspecified atom stereocenters. The van der Waals surface area contributed by atoms with Crippen LogP contribution in [0, 0.1) is 0 Å². The quantitative estimate of drug-likeness (QED) is 0.711. The summed E-state index contributed by atoms with van der Waals surface area (Å²) in [5, 5.41) is 0. The van der Waals surface area contributed by atoms with Crippen molar-refractivity contribution in [2.75, 3.05) is 13.6 Å². The maximum Gasteiger partial charge on any atom is 0.471 e. The molecule has 78 valence electrons. The second kappa shape index (κ2) is 3.53. The van der Waals surface area contributed by atoms with Crippen LogP contribution in [0.15, 0.2) is 0 Å². The lowest BCUT2D eigenvalue weighted by atomic mass is 10.0. The van der Waals surface area contributed by atoms with Gasteiger partial charge in [-0.1, -0.05) is 0 Å². The largest absolute Gasteiger partial charge is 0.471 e. The van der Waals surface area contributed by atoms with Crippen LogP contribution in [0.2, 0.25) is 0 Å². The molecular weight excluding hydrogens is 185 g/mol. The van der Waals surface area contributed by atoms with E-state index in [0.29, 0.717) is 4.90 Å². The van der Waals surface area contributed by atoms with Gasteiger partial charge < -0.3 is 10.6 Å². The Morgan fingerprint density at radius 1 is 1.38 bits per heavy atom. The van der Waals surface area contributed by atoms with Gasteiger partial charge in [0.1, 0.15) is 0 Å². The fraction of sp³-hybridized carbons (Fsp3) is 0.857. The topological polar surface area (TPSA) is 46.3 Å². The first-order valence-electron chi connectivity index (χ1n) is 3.68. The summed E-state index contributed by atoms with van der Waals surface area (Å²) in [5.74, 6) is -1.87. The number of amides is 1. The maximum atomic E-state index is 11.9. The lowest BCUT2D eigenvalue weighted by molar-refractivity contribution is -0.188. The van der Waals surface area contributed by atoms with E-state index in [1.807, 2.05) is 0 Å². The van der Waals surface area contributed by atoms with Gasteiger partial charge in [0, 0.05) is 19.1 Å². The molecule has 0 spiro atoms. The zero-order valence-corrected chi connectivity index (χ0v) is 7.77. The van der Waals surface area contributed by atoms with Gasteiger partial charge >= 0.3 is 12.1 Å². The third kappa shape index (κ3) is 2.87. The molecule has 0 aliphatic heterocycles. The van der Waals surface area contributed by atoms with Gasteiger partial charge in [0.15, 0.2) is 0 Å². The molecule has 0 atom stereocenters. The summed E-state index contributed by atoms with van der Waals surface area (Å²) >= 11 is 0. The summed E-state index contributed by atoms with van der Waals surface area (Å²) in [4.78, 5) is 11.3. The van der Waals surface area contributed by atoms with E-state index in [1.54, 1.807) is 0 Å². The van der Waals surface area contributed by atoms with E-state index in [0.717, 1.165) is 7.05 Å². The minimum atomic E-state index is -4.83. The third-order valence-electron chi connectivity index (χ3n) is 1.95. The number of carbonyl (C=O) groups excluding carboxylic acids is 1. The average molecular weight is 198 g/mol. The molecule has 0 aromatic carbocycles. The van der Waals surface area contributed by atoms with Gasteiger partial charge in [0.05, 0.1) is 0 Å². The fourth-order valence-corrected chi connectivity index (χ4v) is 0.602. The third-order valence-corrected chi connectivity index (χ3v) is 1.95. The highest BCUT2D eigenvalue weighted by Gasteiger charge is 2.44. The number of likely N-dealkylation sites (N-methyl/N-ethyl adjacent to an activating group) is 1. The minimum Gasteiger partial charge on any atom is -0.332 e. The van der Waals surface area contributed by atoms with Gasteiger partial charge in [-0.15, -0.1) is 0 Å². The Balaban J connectivity index is 4.62. The van der Waals surface area contributed by atoms with Crippen LogP contribution in [-0.2, 0) is 4.79 Å². The first-order valence-corrected chi connectivity index (χ1v) is 3.68. The molecule has 3 nitrogen and oxygen atoms in total. The molecule has 0 fully saturated rings. The van der Waals surface area contributed by atoms with Crippen molar-refractivity contribution in [2.24, 2.45) is 5.73 Å². The molecule has 0 bridgehead atoms.